The van der Waals surface area contributed by atoms with Crippen LogP contribution < -0.4 is 5.32 Å². The van der Waals surface area contributed by atoms with Crippen LogP contribution in [0.4, 0.5) is 5.69 Å². The molecule has 0 saturated heterocycles. The predicted octanol–water partition coefficient (Wildman–Crippen LogP) is 1.63. The van der Waals surface area contributed by atoms with Crippen molar-refractivity contribution in [1.29, 1.82) is 0 Å². The first-order valence-corrected chi connectivity index (χ1v) is 6.16. The van der Waals surface area contributed by atoms with Crippen LogP contribution in [0.2, 0.25) is 0 Å². The van der Waals surface area contributed by atoms with Crippen LogP contribution in [0.15, 0.2) is 49.6 Å². The molecular formula is C13H13N7. The Bertz CT molecular complexity index is 649. The van der Waals surface area contributed by atoms with E-state index in [2.05, 4.69) is 30.4 Å². The second-order valence-electron chi connectivity index (χ2n) is 4.24. The first kappa shape index (κ1) is 12.2. The highest BCUT2D eigenvalue weighted by molar-refractivity contribution is 5.44. The summed E-state index contributed by atoms with van der Waals surface area (Å²) in [4.78, 5) is 16.5. The average molecular weight is 267 g/mol. The highest BCUT2D eigenvalue weighted by atomic mass is 15.3. The van der Waals surface area contributed by atoms with Gasteiger partial charge in [0, 0.05) is 12.4 Å². The van der Waals surface area contributed by atoms with E-state index in [9.17, 15) is 0 Å². The molecule has 0 amide bonds. The fourth-order valence-electron chi connectivity index (χ4n) is 1.79. The van der Waals surface area contributed by atoms with Gasteiger partial charge in [-0.3, -0.25) is 9.97 Å². The van der Waals surface area contributed by atoms with Gasteiger partial charge >= 0.3 is 0 Å². The zero-order valence-electron chi connectivity index (χ0n) is 10.9. The summed E-state index contributed by atoms with van der Waals surface area (Å²) in [7, 11) is 0. The molecule has 0 fully saturated rings. The Morgan fingerprint density at radius 2 is 2.05 bits per heavy atom. The van der Waals surface area contributed by atoms with E-state index in [0.717, 1.165) is 17.2 Å². The summed E-state index contributed by atoms with van der Waals surface area (Å²) in [6, 6.07) is 3.87. The summed E-state index contributed by atoms with van der Waals surface area (Å²) in [6.45, 7) is 2.02. The summed E-state index contributed by atoms with van der Waals surface area (Å²) in [5.74, 6) is 0.722. The summed E-state index contributed by atoms with van der Waals surface area (Å²) < 4.78 is 1.61. The quantitative estimate of drug-likeness (QED) is 0.773. The molecule has 100 valence electrons. The van der Waals surface area contributed by atoms with E-state index in [1.54, 1.807) is 35.8 Å². The van der Waals surface area contributed by atoms with Crippen molar-refractivity contribution >= 4 is 5.69 Å². The van der Waals surface area contributed by atoms with Gasteiger partial charge in [-0.2, -0.15) is 5.10 Å². The largest absolute Gasteiger partial charge is 0.376 e. The molecular weight excluding hydrogens is 254 g/mol. The molecule has 0 spiro atoms. The molecule has 3 heterocycles. The first-order valence-electron chi connectivity index (χ1n) is 6.16. The van der Waals surface area contributed by atoms with Crippen molar-refractivity contribution in [3.05, 3.63) is 55.3 Å². The minimum absolute atomic E-state index is 0.0581. The number of anilines is 1. The minimum Gasteiger partial charge on any atom is -0.376 e. The number of hydrogen-bond acceptors (Lipinski definition) is 6. The fraction of sp³-hybridized carbons (Fsp3) is 0.154. The third kappa shape index (κ3) is 2.61. The Labute approximate surface area is 115 Å². The Hall–Kier alpha value is -2.83. The van der Waals surface area contributed by atoms with Crippen LogP contribution in [0.25, 0.3) is 5.82 Å². The van der Waals surface area contributed by atoms with Crippen molar-refractivity contribution in [1.82, 2.24) is 29.7 Å². The maximum Gasteiger partial charge on any atom is 0.155 e. The van der Waals surface area contributed by atoms with Crippen molar-refractivity contribution in [2.75, 3.05) is 5.32 Å². The molecule has 0 aliphatic carbocycles. The molecule has 3 aromatic rings. The minimum atomic E-state index is 0.0581. The van der Waals surface area contributed by atoms with Gasteiger partial charge in [0.25, 0.3) is 0 Å². The lowest BCUT2D eigenvalue weighted by molar-refractivity contribution is 0.821. The van der Waals surface area contributed by atoms with E-state index in [0.29, 0.717) is 0 Å². The van der Waals surface area contributed by atoms with Crippen molar-refractivity contribution in [2.45, 2.75) is 13.0 Å². The van der Waals surface area contributed by atoms with E-state index in [1.807, 2.05) is 19.1 Å². The van der Waals surface area contributed by atoms with E-state index in [4.69, 9.17) is 0 Å². The maximum atomic E-state index is 4.33. The molecule has 3 rings (SSSR count). The fourth-order valence-corrected chi connectivity index (χ4v) is 1.79. The first-order chi connectivity index (χ1) is 9.83. The summed E-state index contributed by atoms with van der Waals surface area (Å²) in [5, 5.41) is 7.35. The van der Waals surface area contributed by atoms with Gasteiger partial charge in [-0.25, -0.2) is 14.6 Å². The molecule has 20 heavy (non-hydrogen) atoms. The number of aromatic nitrogens is 6. The lowest BCUT2D eigenvalue weighted by Crippen LogP contribution is -2.09. The third-order valence-electron chi connectivity index (χ3n) is 2.81. The standard InChI is InChI=1S/C13H13N7/c1-10(12-7-14-4-5-16-12)19-11-2-3-13(17-6-11)20-9-15-8-18-20/h2-10,19H,1H3. The zero-order chi connectivity index (χ0) is 13.8. The number of nitrogens with one attached hydrogen (secondary N) is 1. The van der Waals surface area contributed by atoms with Crippen LogP contribution in [0, 0.1) is 0 Å². The molecule has 0 aliphatic heterocycles. The molecule has 1 atom stereocenters. The van der Waals surface area contributed by atoms with Crippen molar-refractivity contribution in [3.63, 3.8) is 0 Å². The van der Waals surface area contributed by atoms with Gasteiger partial charge < -0.3 is 5.32 Å². The van der Waals surface area contributed by atoms with Crippen LogP contribution in [-0.4, -0.2) is 29.7 Å². The Morgan fingerprint density at radius 3 is 2.70 bits per heavy atom. The van der Waals surface area contributed by atoms with E-state index in [1.165, 1.54) is 6.33 Å². The number of rotatable bonds is 4. The average Bonchev–Trinajstić information content (AvgIpc) is 3.03. The second-order valence-corrected chi connectivity index (χ2v) is 4.24. The Balaban J connectivity index is 1.72. The SMILES string of the molecule is CC(Nc1ccc(-n2cncn2)nc1)c1cnccn1. The van der Waals surface area contributed by atoms with Crippen molar-refractivity contribution < 1.29 is 0 Å². The topological polar surface area (TPSA) is 81.4 Å². The van der Waals surface area contributed by atoms with Crippen molar-refractivity contribution in [2.24, 2.45) is 0 Å². The molecule has 1 N–H and O–H groups in total. The molecule has 0 radical (unpaired) electrons. The number of hydrogen-bond donors (Lipinski definition) is 1. The monoisotopic (exact) mass is 267 g/mol. The summed E-state index contributed by atoms with van der Waals surface area (Å²) >= 11 is 0. The van der Waals surface area contributed by atoms with E-state index in [-0.39, 0.29) is 6.04 Å². The van der Waals surface area contributed by atoms with Gasteiger partial charge in [0.1, 0.15) is 12.7 Å². The zero-order valence-corrected chi connectivity index (χ0v) is 10.9. The lowest BCUT2D eigenvalue weighted by Gasteiger charge is -2.14. The van der Waals surface area contributed by atoms with Gasteiger partial charge in [0.2, 0.25) is 0 Å². The summed E-state index contributed by atoms with van der Waals surface area (Å²) in [6.07, 6.45) is 9.92. The van der Waals surface area contributed by atoms with Crippen LogP contribution in [0.3, 0.4) is 0 Å². The van der Waals surface area contributed by atoms with Crippen molar-refractivity contribution in [3.8, 4) is 5.82 Å². The van der Waals surface area contributed by atoms with Crippen LogP contribution in [0.5, 0.6) is 0 Å². The highest BCUT2D eigenvalue weighted by Gasteiger charge is 2.07. The van der Waals surface area contributed by atoms with Gasteiger partial charge in [-0.05, 0) is 19.1 Å². The van der Waals surface area contributed by atoms with Gasteiger partial charge in [0.05, 0.1) is 29.8 Å². The van der Waals surface area contributed by atoms with Crippen LogP contribution in [-0.2, 0) is 0 Å². The number of pyridine rings is 1. The molecule has 0 aliphatic rings. The third-order valence-corrected chi connectivity index (χ3v) is 2.81. The highest BCUT2D eigenvalue weighted by Crippen LogP contribution is 2.16. The molecule has 3 aromatic heterocycles. The van der Waals surface area contributed by atoms with Crippen LogP contribution >= 0.6 is 0 Å². The molecule has 0 bridgehead atoms. The Morgan fingerprint density at radius 1 is 1.10 bits per heavy atom. The smallest absolute Gasteiger partial charge is 0.155 e. The van der Waals surface area contributed by atoms with E-state index >= 15 is 0 Å². The molecule has 1 unspecified atom stereocenters. The molecule has 0 saturated carbocycles. The Kier molecular flexibility index (Phi) is 3.32. The maximum absolute atomic E-state index is 4.33. The van der Waals surface area contributed by atoms with Gasteiger partial charge in [-0.1, -0.05) is 0 Å². The van der Waals surface area contributed by atoms with Crippen LogP contribution in [0.1, 0.15) is 18.7 Å². The van der Waals surface area contributed by atoms with E-state index < -0.39 is 0 Å². The number of nitrogens with zero attached hydrogens (tertiary/aromatic N) is 6. The van der Waals surface area contributed by atoms with Gasteiger partial charge in [-0.15, -0.1) is 0 Å². The lowest BCUT2D eigenvalue weighted by atomic mass is 10.2. The normalized spacial score (nSPS) is 12.1. The molecule has 7 heteroatoms. The summed E-state index contributed by atoms with van der Waals surface area (Å²) in [5.41, 5.74) is 1.79. The van der Waals surface area contributed by atoms with Gasteiger partial charge in [0.15, 0.2) is 5.82 Å². The predicted molar refractivity (Wildman–Crippen MR) is 73.2 cm³/mol. The molecule has 7 nitrogen and oxygen atoms in total. The second kappa shape index (κ2) is 5.43. The molecule has 0 aromatic carbocycles.